The molecule has 1 aliphatic carbocycles. The smallest absolute Gasteiger partial charge is 0.0984 e. The van der Waals surface area contributed by atoms with Gasteiger partial charge in [0.1, 0.15) is 0 Å². The predicted octanol–water partition coefficient (Wildman–Crippen LogP) is 3.89. The van der Waals surface area contributed by atoms with E-state index in [9.17, 15) is 10.4 Å². The lowest BCUT2D eigenvalue weighted by molar-refractivity contribution is 0.0245. The van der Waals surface area contributed by atoms with Crippen molar-refractivity contribution in [1.82, 2.24) is 0 Å². The third-order valence-electron chi connectivity index (χ3n) is 4.18. The van der Waals surface area contributed by atoms with E-state index in [1.807, 2.05) is 16.8 Å². The number of rotatable bonds is 3. The van der Waals surface area contributed by atoms with Gasteiger partial charge in [0.2, 0.25) is 0 Å². The van der Waals surface area contributed by atoms with E-state index in [0.29, 0.717) is 0 Å². The molecule has 1 N–H and O–H groups in total. The van der Waals surface area contributed by atoms with Crippen molar-refractivity contribution in [1.29, 1.82) is 5.26 Å². The minimum Gasteiger partial charge on any atom is -0.387 e. The van der Waals surface area contributed by atoms with Gasteiger partial charge >= 0.3 is 0 Å². The molecule has 0 spiro atoms. The summed E-state index contributed by atoms with van der Waals surface area (Å²) in [4.78, 5) is 0. The second-order valence-electron chi connectivity index (χ2n) is 5.08. The molecule has 1 aliphatic rings. The average Bonchev–Trinajstić information content (AvgIpc) is 2.92. The average molecular weight is 249 g/mol. The number of hydrogen-bond acceptors (Lipinski definition) is 3. The van der Waals surface area contributed by atoms with Gasteiger partial charge in [0.15, 0.2) is 0 Å². The fourth-order valence-corrected chi connectivity index (χ4v) is 3.48. The minimum atomic E-state index is -0.614. The van der Waals surface area contributed by atoms with E-state index in [4.69, 9.17) is 0 Å². The Morgan fingerprint density at radius 3 is 2.76 bits per heavy atom. The summed E-state index contributed by atoms with van der Waals surface area (Å²) in [7, 11) is 0. The molecule has 1 saturated carbocycles. The Balaban J connectivity index is 2.14. The van der Waals surface area contributed by atoms with E-state index in [1.165, 1.54) is 6.42 Å². The van der Waals surface area contributed by atoms with Crippen LogP contribution in [0.5, 0.6) is 0 Å². The van der Waals surface area contributed by atoms with Crippen molar-refractivity contribution >= 4 is 11.3 Å². The molecule has 0 aromatic carbocycles. The fraction of sp³-hybridized carbons (Fsp3) is 0.643. The largest absolute Gasteiger partial charge is 0.387 e. The van der Waals surface area contributed by atoms with Gasteiger partial charge < -0.3 is 5.11 Å². The summed E-state index contributed by atoms with van der Waals surface area (Å²) >= 11 is 1.58. The van der Waals surface area contributed by atoms with Crippen LogP contribution in [0.15, 0.2) is 16.8 Å². The quantitative estimate of drug-likeness (QED) is 0.883. The van der Waals surface area contributed by atoms with Crippen LogP contribution >= 0.6 is 11.3 Å². The Morgan fingerprint density at radius 2 is 2.29 bits per heavy atom. The number of thiophene rings is 1. The molecule has 1 fully saturated rings. The molecule has 0 saturated heterocycles. The molecule has 1 aromatic heterocycles. The van der Waals surface area contributed by atoms with Crippen LogP contribution in [0.25, 0.3) is 0 Å². The van der Waals surface area contributed by atoms with Gasteiger partial charge in [0.05, 0.1) is 17.6 Å². The van der Waals surface area contributed by atoms with Crippen molar-refractivity contribution in [3.63, 3.8) is 0 Å². The van der Waals surface area contributed by atoms with Gasteiger partial charge in [-0.2, -0.15) is 16.6 Å². The highest BCUT2D eigenvalue weighted by molar-refractivity contribution is 7.07. The molecule has 1 atom stereocenters. The van der Waals surface area contributed by atoms with Crippen molar-refractivity contribution in [3.05, 3.63) is 22.4 Å². The van der Waals surface area contributed by atoms with Gasteiger partial charge in [0, 0.05) is 0 Å². The predicted molar refractivity (Wildman–Crippen MR) is 69.6 cm³/mol. The SMILES string of the molecule is CCC1CCC(C#N)(C(O)c2ccsc2)CC1. The normalized spacial score (nSPS) is 30.8. The lowest BCUT2D eigenvalue weighted by Crippen LogP contribution is -2.32. The molecule has 2 nitrogen and oxygen atoms in total. The zero-order chi connectivity index (χ0) is 12.3. The Hall–Kier alpha value is -0.850. The van der Waals surface area contributed by atoms with Crippen molar-refractivity contribution in [2.75, 3.05) is 0 Å². The zero-order valence-electron chi connectivity index (χ0n) is 10.2. The van der Waals surface area contributed by atoms with Crippen molar-refractivity contribution in [2.45, 2.75) is 45.1 Å². The summed E-state index contributed by atoms with van der Waals surface area (Å²) in [6.45, 7) is 2.21. The molecule has 1 heterocycles. The molecular formula is C14H19NOS. The summed E-state index contributed by atoms with van der Waals surface area (Å²) in [5, 5.41) is 23.8. The second-order valence-corrected chi connectivity index (χ2v) is 5.86. The molecule has 0 amide bonds. The first-order chi connectivity index (χ1) is 8.22. The maximum absolute atomic E-state index is 10.4. The maximum Gasteiger partial charge on any atom is 0.0984 e. The number of aliphatic hydroxyl groups is 1. The van der Waals surface area contributed by atoms with Crippen LogP contribution in [-0.2, 0) is 0 Å². The van der Waals surface area contributed by atoms with Gasteiger partial charge in [0.25, 0.3) is 0 Å². The number of nitrogens with zero attached hydrogens (tertiary/aromatic N) is 1. The minimum absolute atomic E-state index is 0.549. The van der Waals surface area contributed by atoms with Crippen LogP contribution in [0.4, 0.5) is 0 Å². The number of nitriles is 1. The third-order valence-corrected chi connectivity index (χ3v) is 4.88. The molecule has 3 heteroatoms. The van der Waals surface area contributed by atoms with Crippen molar-refractivity contribution in [2.24, 2.45) is 11.3 Å². The molecular weight excluding hydrogens is 230 g/mol. The van der Waals surface area contributed by atoms with Gasteiger partial charge in [-0.3, -0.25) is 0 Å². The van der Waals surface area contributed by atoms with Gasteiger partial charge in [-0.1, -0.05) is 13.3 Å². The van der Waals surface area contributed by atoms with Gasteiger partial charge in [-0.05, 0) is 54.0 Å². The van der Waals surface area contributed by atoms with E-state index in [1.54, 1.807) is 11.3 Å². The second kappa shape index (κ2) is 5.20. The van der Waals surface area contributed by atoms with Crippen LogP contribution in [0.1, 0.15) is 50.7 Å². The van der Waals surface area contributed by atoms with E-state index < -0.39 is 11.5 Å². The Kier molecular flexibility index (Phi) is 3.86. The summed E-state index contributed by atoms with van der Waals surface area (Å²) < 4.78 is 0. The van der Waals surface area contributed by atoms with Gasteiger partial charge in [-0.15, -0.1) is 0 Å². The highest BCUT2D eigenvalue weighted by Gasteiger charge is 2.42. The zero-order valence-corrected chi connectivity index (χ0v) is 11.0. The summed E-state index contributed by atoms with van der Waals surface area (Å²) in [5.74, 6) is 0.742. The monoisotopic (exact) mass is 249 g/mol. The topological polar surface area (TPSA) is 44.0 Å². The standard InChI is InChI=1S/C14H19NOS/c1-2-11-3-6-14(10-15,7-4-11)13(16)12-5-8-17-9-12/h5,8-9,11,13,16H,2-4,6-7H2,1H3. The van der Waals surface area contributed by atoms with Gasteiger partial charge in [-0.25, -0.2) is 0 Å². The lowest BCUT2D eigenvalue weighted by Gasteiger charge is -2.37. The first kappa shape index (κ1) is 12.6. The van der Waals surface area contributed by atoms with E-state index >= 15 is 0 Å². The highest BCUT2D eigenvalue weighted by atomic mass is 32.1. The molecule has 0 bridgehead atoms. The molecule has 0 aliphatic heterocycles. The number of aliphatic hydroxyl groups excluding tert-OH is 1. The fourth-order valence-electron chi connectivity index (χ4n) is 2.80. The van der Waals surface area contributed by atoms with E-state index in [2.05, 4.69) is 13.0 Å². The molecule has 0 radical (unpaired) electrons. The lowest BCUT2D eigenvalue weighted by atomic mass is 9.66. The van der Waals surface area contributed by atoms with Crippen LogP contribution in [0, 0.1) is 22.7 Å². The highest BCUT2D eigenvalue weighted by Crippen LogP contribution is 2.47. The van der Waals surface area contributed by atoms with Crippen molar-refractivity contribution < 1.29 is 5.11 Å². The van der Waals surface area contributed by atoms with Crippen LogP contribution in [0.2, 0.25) is 0 Å². The molecule has 17 heavy (non-hydrogen) atoms. The first-order valence-electron chi connectivity index (χ1n) is 6.33. The maximum atomic E-state index is 10.4. The van der Waals surface area contributed by atoms with E-state index in [-0.39, 0.29) is 0 Å². The molecule has 2 rings (SSSR count). The first-order valence-corrected chi connectivity index (χ1v) is 7.27. The molecule has 92 valence electrons. The van der Waals surface area contributed by atoms with Crippen molar-refractivity contribution in [3.8, 4) is 6.07 Å². The summed E-state index contributed by atoms with van der Waals surface area (Å²) in [6.07, 6.45) is 4.39. The Bertz CT molecular complexity index is 385. The van der Waals surface area contributed by atoms with Crippen LogP contribution < -0.4 is 0 Å². The molecule has 1 aromatic rings. The Morgan fingerprint density at radius 1 is 1.59 bits per heavy atom. The third kappa shape index (κ3) is 2.38. The number of hydrogen-bond donors (Lipinski definition) is 1. The summed E-state index contributed by atoms with van der Waals surface area (Å²) in [5.41, 5.74) is 0.360. The summed E-state index contributed by atoms with van der Waals surface area (Å²) in [6, 6.07) is 4.34. The Labute approximate surface area is 107 Å². The van der Waals surface area contributed by atoms with E-state index in [0.717, 1.165) is 37.2 Å². The molecule has 1 unspecified atom stereocenters. The van der Waals surface area contributed by atoms with Crippen LogP contribution in [0.3, 0.4) is 0 Å². The van der Waals surface area contributed by atoms with Crippen LogP contribution in [-0.4, -0.2) is 5.11 Å².